The lowest BCUT2D eigenvalue weighted by Crippen LogP contribution is -2.46. The first kappa shape index (κ1) is 19.1. The summed E-state index contributed by atoms with van der Waals surface area (Å²) in [5, 5.41) is 3.17. The van der Waals surface area contributed by atoms with Gasteiger partial charge in [-0.3, -0.25) is 0 Å². The quantitative estimate of drug-likeness (QED) is 0.610. The Morgan fingerprint density at radius 2 is 1.81 bits per heavy atom. The molecule has 1 aliphatic carbocycles. The van der Waals surface area contributed by atoms with Crippen molar-refractivity contribution in [3.63, 3.8) is 0 Å². The summed E-state index contributed by atoms with van der Waals surface area (Å²) in [6, 6.07) is 13.2. The minimum Gasteiger partial charge on any atom is -0.496 e. The van der Waals surface area contributed by atoms with E-state index in [1.165, 1.54) is 0 Å². The van der Waals surface area contributed by atoms with E-state index in [0.717, 1.165) is 41.9 Å². The van der Waals surface area contributed by atoms with Crippen molar-refractivity contribution in [2.75, 3.05) is 7.11 Å². The minimum atomic E-state index is -4.30. The number of methoxy groups -OCH3 is 1. The number of rotatable bonds is 5. The van der Waals surface area contributed by atoms with Gasteiger partial charge in [0, 0.05) is 11.6 Å². The summed E-state index contributed by atoms with van der Waals surface area (Å²) in [5.41, 5.74) is 7.20. The van der Waals surface area contributed by atoms with Crippen molar-refractivity contribution < 1.29 is 17.9 Å². The molecule has 0 aliphatic heterocycles. The van der Waals surface area contributed by atoms with E-state index < -0.39 is 11.7 Å². The molecular formula is C20H22F3N3O. The maximum atomic E-state index is 12.6. The zero-order chi connectivity index (χ0) is 19.4. The van der Waals surface area contributed by atoms with Gasteiger partial charge in [0.1, 0.15) is 5.75 Å². The van der Waals surface area contributed by atoms with Gasteiger partial charge in [-0.15, -0.1) is 0 Å². The number of guanidine groups is 1. The smallest absolute Gasteiger partial charge is 0.416 e. The van der Waals surface area contributed by atoms with Gasteiger partial charge in [-0.25, -0.2) is 4.99 Å². The first-order valence-corrected chi connectivity index (χ1v) is 8.72. The second-order valence-corrected chi connectivity index (χ2v) is 6.64. The molecule has 1 fully saturated rings. The topological polar surface area (TPSA) is 59.6 Å². The molecule has 0 atom stereocenters. The van der Waals surface area contributed by atoms with Gasteiger partial charge in [0.05, 0.1) is 19.2 Å². The SMILES string of the molecule is COc1ccccc1CN=C(N)NC1CC(c2ccc(C(F)(F)F)cc2)C1. The lowest BCUT2D eigenvalue weighted by molar-refractivity contribution is -0.137. The standard InChI is InChI=1S/C20H22F3N3O/c1-27-18-5-3-2-4-14(18)12-25-19(24)26-17-10-15(11-17)13-6-8-16(9-7-13)20(21,22)23/h2-9,15,17H,10-12H2,1H3,(H3,24,25,26). The van der Waals surface area contributed by atoms with Crippen LogP contribution in [-0.2, 0) is 12.7 Å². The third-order valence-electron chi connectivity index (χ3n) is 4.81. The Balaban J connectivity index is 1.50. The number of nitrogens with zero attached hydrogens (tertiary/aromatic N) is 1. The first-order chi connectivity index (χ1) is 12.9. The molecule has 144 valence electrons. The van der Waals surface area contributed by atoms with Crippen molar-refractivity contribution in [1.29, 1.82) is 0 Å². The Morgan fingerprint density at radius 3 is 2.44 bits per heavy atom. The number of nitrogens with one attached hydrogen (secondary N) is 1. The van der Waals surface area contributed by atoms with Crippen LogP contribution in [0.4, 0.5) is 13.2 Å². The fourth-order valence-electron chi connectivity index (χ4n) is 3.21. The van der Waals surface area contributed by atoms with Crippen molar-refractivity contribution in [3.05, 3.63) is 65.2 Å². The minimum absolute atomic E-state index is 0.179. The Morgan fingerprint density at radius 1 is 1.15 bits per heavy atom. The number of hydrogen-bond donors (Lipinski definition) is 2. The number of benzene rings is 2. The maximum absolute atomic E-state index is 12.6. The molecule has 0 aromatic heterocycles. The number of hydrogen-bond acceptors (Lipinski definition) is 2. The molecule has 2 aromatic rings. The summed E-state index contributed by atoms with van der Waals surface area (Å²) in [4.78, 5) is 4.34. The van der Waals surface area contributed by atoms with E-state index in [9.17, 15) is 13.2 Å². The molecule has 0 bridgehead atoms. The van der Waals surface area contributed by atoms with Crippen molar-refractivity contribution in [3.8, 4) is 5.75 Å². The second-order valence-electron chi connectivity index (χ2n) is 6.64. The van der Waals surface area contributed by atoms with E-state index in [0.29, 0.717) is 12.5 Å². The Labute approximate surface area is 156 Å². The van der Waals surface area contributed by atoms with Crippen LogP contribution in [0.1, 0.15) is 35.4 Å². The third-order valence-corrected chi connectivity index (χ3v) is 4.81. The van der Waals surface area contributed by atoms with Crippen molar-refractivity contribution in [2.45, 2.75) is 37.5 Å². The first-order valence-electron chi connectivity index (χ1n) is 8.72. The van der Waals surface area contributed by atoms with Crippen LogP contribution >= 0.6 is 0 Å². The summed E-state index contributed by atoms with van der Waals surface area (Å²) >= 11 is 0. The van der Waals surface area contributed by atoms with Gasteiger partial charge in [-0.1, -0.05) is 30.3 Å². The van der Waals surface area contributed by atoms with Crippen LogP contribution < -0.4 is 15.8 Å². The maximum Gasteiger partial charge on any atom is 0.416 e. The zero-order valence-corrected chi connectivity index (χ0v) is 15.0. The van der Waals surface area contributed by atoms with E-state index in [-0.39, 0.29) is 12.0 Å². The predicted molar refractivity (Wildman–Crippen MR) is 98.7 cm³/mol. The molecule has 0 radical (unpaired) electrons. The molecule has 2 aromatic carbocycles. The van der Waals surface area contributed by atoms with Crippen LogP contribution in [0.3, 0.4) is 0 Å². The second kappa shape index (κ2) is 7.90. The molecule has 0 heterocycles. The molecule has 27 heavy (non-hydrogen) atoms. The number of alkyl halides is 3. The highest BCUT2D eigenvalue weighted by Crippen LogP contribution is 2.38. The zero-order valence-electron chi connectivity index (χ0n) is 15.0. The van der Waals surface area contributed by atoms with Crippen molar-refractivity contribution >= 4 is 5.96 Å². The highest BCUT2D eigenvalue weighted by atomic mass is 19.4. The normalized spacial score (nSPS) is 20.1. The van der Waals surface area contributed by atoms with Gasteiger partial charge in [0.2, 0.25) is 0 Å². The van der Waals surface area contributed by atoms with E-state index in [4.69, 9.17) is 10.5 Å². The largest absolute Gasteiger partial charge is 0.496 e. The van der Waals surface area contributed by atoms with E-state index >= 15 is 0 Å². The van der Waals surface area contributed by atoms with Gasteiger partial charge in [-0.05, 0) is 42.5 Å². The van der Waals surface area contributed by atoms with Gasteiger partial charge >= 0.3 is 6.18 Å². The molecule has 1 aliphatic rings. The molecule has 0 saturated heterocycles. The molecule has 1 saturated carbocycles. The van der Waals surface area contributed by atoms with Crippen molar-refractivity contribution in [1.82, 2.24) is 5.32 Å². The highest BCUT2D eigenvalue weighted by molar-refractivity contribution is 5.78. The summed E-state index contributed by atoms with van der Waals surface area (Å²) in [5.74, 6) is 1.36. The molecule has 0 spiro atoms. The molecule has 3 rings (SSSR count). The van der Waals surface area contributed by atoms with Crippen LogP contribution in [0, 0.1) is 0 Å². The number of ether oxygens (including phenoxy) is 1. The van der Waals surface area contributed by atoms with Crippen LogP contribution in [-0.4, -0.2) is 19.1 Å². The average Bonchev–Trinajstić information content (AvgIpc) is 2.62. The predicted octanol–water partition coefficient (Wildman–Crippen LogP) is 4.06. The van der Waals surface area contributed by atoms with Gasteiger partial charge in [0.25, 0.3) is 0 Å². The van der Waals surface area contributed by atoms with Crippen LogP contribution in [0.5, 0.6) is 5.75 Å². The molecule has 0 unspecified atom stereocenters. The molecule has 4 nitrogen and oxygen atoms in total. The van der Waals surface area contributed by atoms with Crippen LogP contribution in [0.25, 0.3) is 0 Å². The molecule has 7 heteroatoms. The Kier molecular flexibility index (Phi) is 5.58. The van der Waals surface area contributed by atoms with E-state index in [1.807, 2.05) is 24.3 Å². The van der Waals surface area contributed by atoms with Gasteiger partial charge in [-0.2, -0.15) is 13.2 Å². The molecule has 3 N–H and O–H groups in total. The van der Waals surface area contributed by atoms with Crippen LogP contribution in [0.2, 0.25) is 0 Å². The number of para-hydroxylation sites is 1. The lowest BCUT2D eigenvalue weighted by atomic mass is 9.76. The van der Waals surface area contributed by atoms with E-state index in [1.54, 1.807) is 19.2 Å². The fraction of sp³-hybridized carbons (Fsp3) is 0.350. The van der Waals surface area contributed by atoms with Crippen LogP contribution in [0.15, 0.2) is 53.5 Å². The van der Waals surface area contributed by atoms with E-state index in [2.05, 4.69) is 10.3 Å². The number of halogens is 3. The van der Waals surface area contributed by atoms with Crippen molar-refractivity contribution in [2.24, 2.45) is 10.7 Å². The van der Waals surface area contributed by atoms with Gasteiger partial charge in [0.15, 0.2) is 5.96 Å². The Hall–Kier alpha value is -2.70. The van der Waals surface area contributed by atoms with Gasteiger partial charge < -0.3 is 15.8 Å². The summed E-state index contributed by atoms with van der Waals surface area (Å²) in [7, 11) is 1.61. The monoisotopic (exact) mass is 377 g/mol. The summed E-state index contributed by atoms with van der Waals surface area (Å²) < 4.78 is 43.1. The average molecular weight is 377 g/mol. The fourth-order valence-corrected chi connectivity index (χ4v) is 3.21. The lowest BCUT2D eigenvalue weighted by Gasteiger charge is -2.36. The third kappa shape index (κ3) is 4.72. The molecule has 0 amide bonds. The Bertz CT molecular complexity index is 797. The number of aliphatic imine (C=N–C) groups is 1. The highest BCUT2D eigenvalue weighted by Gasteiger charge is 2.33. The summed E-state index contributed by atoms with van der Waals surface area (Å²) in [6.45, 7) is 0.415. The molecular weight excluding hydrogens is 355 g/mol. The number of nitrogens with two attached hydrogens (primary N) is 1. The summed E-state index contributed by atoms with van der Waals surface area (Å²) in [6.07, 6.45) is -2.67.